The molecule has 0 saturated carbocycles. The van der Waals surface area contributed by atoms with Crippen molar-refractivity contribution in [2.24, 2.45) is 0 Å². The molecule has 36 heavy (non-hydrogen) atoms. The third-order valence-corrected chi connectivity index (χ3v) is 5.83. The molecule has 0 radical (unpaired) electrons. The third-order valence-electron chi connectivity index (χ3n) is 5.83. The van der Waals surface area contributed by atoms with E-state index < -0.39 is 47.5 Å². The molecule has 2 N–H and O–H groups in total. The minimum absolute atomic E-state index is 0.0667. The van der Waals surface area contributed by atoms with Gasteiger partial charge in [-0.1, -0.05) is 48.5 Å². The number of alkyl halides is 2. The topological polar surface area (TPSA) is 128 Å². The summed E-state index contributed by atoms with van der Waals surface area (Å²) in [5.74, 6) is -2.18. The second-order valence-corrected chi connectivity index (χ2v) is 7.99. The lowest BCUT2D eigenvalue weighted by Gasteiger charge is -2.18. The Morgan fingerprint density at radius 3 is 2.19 bits per heavy atom. The molecule has 1 aliphatic rings. The summed E-state index contributed by atoms with van der Waals surface area (Å²) >= 11 is 0. The molecule has 0 saturated heterocycles. The highest BCUT2D eigenvalue weighted by Gasteiger charge is 2.30. The van der Waals surface area contributed by atoms with Crippen LogP contribution in [0.25, 0.3) is 11.1 Å². The molecule has 3 aromatic carbocycles. The van der Waals surface area contributed by atoms with Gasteiger partial charge < -0.3 is 19.9 Å². The van der Waals surface area contributed by atoms with Gasteiger partial charge in [-0.15, -0.1) is 0 Å². The van der Waals surface area contributed by atoms with Crippen molar-refractivity contribution < 1.29 is 37.9 Å². The zero-order chi connectivity index (χ0) is 25.8. The van der Waals surface area contributed by atoms with E-state index in [0.717, 1.165) is 40.5 Å². The standard InChI is InChI=1S/C25H20F2N2O7/c26-24(27)36-22-10-9-15(29(33)34)11-14(22)12-21(23(30)31)28-25(32)35-13-20-18-7-3-1-5-16(18)17-6-2-4-8-19(17)20/h1-11,20-21,24H,12-13H2,(H,28,32)(H,30,31). The quantitative estimate of drug-likeness (QED) is 0.322. The highest BCUT2D eigenvalue weighted by molar-refractivity contribution is 5.81. The molecule has 1 aliphatic carbocycles. The van der Waals surface area contributed by atoms with Crippen LogP contribution in [0.3, 0.4) is 0 Å². The number of fused-ring (bicyclic) bond motifs is 3. The molecule has 1 unspecified atom stereocenters. The van der Waals surface area contributed by atoms with E-state index in [1.165, 1.54) is 0 Å². The van der Waals surface area contributed by atoms with Crippen LogP contribution in [0.15, 0.2) is 66.7 Å². The number of nitrogens with one attached hydrogen (secondary N) is 1. The molecule has 0 spiro atoms. The highest BCUT2D eigenvalue weighted by atomic mass is 19.3. The Morgan fingerprint density at radius 2 is 1.64 bits per heavy atom. The fourth-order valence-electron chi connectivity index (χ4n) is 4.25. The molecule has 0 fully saturated rings. The summed E-state index contributed by atoms with van der Waals surface area (Å²) in [4.78, 5) is 34.6. The van der Waals surface area contributed by atoms with Crippen molar-refractivity contribution in [2.45, 2.75) is 25.0 Å². The molecule has 0 aromatic heterocycles. The Bertz CT molecular complexity index is 1270. The summed E-state index contributed by atoms with van der Waals surface area (Å²) < 4.78 is 35.2. The summed E-state index contributed by atoms with van der Waals surface area (Å²) in [7, 11) is 0. The summed E-state index contributed by atoms with van der Waals surface area (Å²) in [6.07, 6.45) is -1.59. The second kappa shape index (κ2) is 10.4. The molecule has 4 rings (SSSR count). The molecule has 3 aromatic rings. The summed E-state index contributed by atoms with van der Waals surface area (Å²) in [6.45, 7) is -3.30. The van der Waals surface area contributed by atoms with Crippen LogP contribution < -0.4 is 10.1 Å². The van der Waals surface area contributed by atoms with Crippen molar-refractivity contribution in [3.63, 3.8) is 0 Å². The van der Waals surface area contributed by atoms with Gasteiger partial charge >= 0.3 is 18.7 Å². The maximum atomic E-state index is 12.8. The zero-order valence-electron chi connectivity index (χ0n) is 18.6. The minimum Gasteiger partial charge on any atom is -0.480 e. The first kappa shape index (κ1) is 24.6. The number of hydrogen-bond acceptors (Lipinski definition) is 6. The molecule has 1 atom stereocenters. The number of nitrogens with zero attached hydrogens (tertiary/aromatic N) is 1. The molecule has 0 aliphatic heterocycles. The summed E-state index contributed by atoms with van der Waals surface area (Å²) in [6, 6.07) is 16.5. The van der Waals surface area contributed by atoms with Gasteiger partial charge in [0.1, 0.15) is 18.4 Å². The van der Waals surface area contributed by atoms with Crippen LogP contribution in [0.1, 0.15) is 22.6 Å². The van der Waals surface area contributed by atoms with E-state index in [0.29, 0.717) is 0 Å². The van der Waals surface area contributed by atoms with Crippen molar-refractivity contribution in [1.82, 2.24) is 5.32 Å². The third kappa shape index (κ3) is 5.24. The predicted octanol–water partition coefficient (Wildman–Crippen LogP) is 4.73. The number of nitro benzene ring substituents is 1. The van der Waals surface area contributed by atoms with Crippen LogP contribution >= 0.6 is 0 Å². The van der Waals surface area contributed by atoms with Gasteiger partial charge in [-0.25, -0.2) is 9.59 Å². The number of non-ortho nitro benzene ring substituents is 1. The Labute approximate surface area is 203 Å². The summed E-state index contributed by atoms with van der Waals surface area (Å²) in [5.41, 5.74) is 3.33. The number of hydrogen-bond donors (Lipinski definition) is 2. The average Bonchev–Trinajstić information content (AvgIpc) is 3.16. The van der Waals surface area contributed by atoms with E-state index in [-0.39, 0.29) is 18.1 Å². The van der Waals surface area contributed by atoms with Crippen LogP contribution in [-0.4, -0.2) is 41.4 Å². The lowest BCUT2D eigenvalue weighted by molar-refractivity contribution is -0.385. The molecule has 0 bridgehead atoms. The van der Waals surface area contributed by atoms with Crippen LogP contribution in [0.2, 0.25) is 0 Å². The first-order valence-corrected chi connectivity index (χ1v) is 10.8. The number of carbonyl (C=O) groups excluding carboxylic acids is 1. The Balaban J connectivity index is 1.48. The number of nitro groups is 1. The van der Waals surface area contributed by atoms with Gasteiger partial charge in [0.25, 0.3) is 5.69 Å². The fourth-order valence-corrected chi connectivity index (χ4v) is 4.25. The normalized spacial score (nSPS) is 13.0. The number of ether oxygens (including phenoxy) is 2. The number of alkyl carbamates (subject to hydrolysis) is 1. The van der Waals surface area contributed by atoms with Crippen LogP contribution in [0.4, 0.5) is 19.3 Å². The van der Waals surface area contributed by atoms with E-state index >= 15 is 0 Å². The van der Waals surface area contributed by atoms with Crippen LogP contribution in [0, 0.1) is 10.1 Å². The minimum atomic E-state index is -3.23. The zero-order valence-corrected chi connectivity index (χ0v) is 18.6. The van der Waals surface area contributed by atoms with Gasteiger partial charge in [-0.05, 0) is 28.3 Å². The smallest absolute Gasteiger partial charge is 0.407 e. The monoisotopic (exact) mass is 498 g/mol. The van der Waals surface area contributed by atoms with E-state index in [2.05, 4.69) is 10.1 Å². The molecule has 186 valence electrons. The Morgan fingerprint density at radius 1 is 1.03 bits per heavy atom. The maximum Gasteiger partial charge on any atom is 0.407 e. The second-order valence-electron chi connectivity index (χ2n) is 7.99. The number of carboxylic acids is 1. The lowest BCUT2D eigenvalue weighted by atomic mass is 9.98. The van der Waals surface area contributed by atoms with Crippen LogP contribution in [-0.2, 0) is 16.0 Å². The molecule has 11 heteroatoms. The fraction of sp³-hybridized carbons (Fsp3) is 0.200. The number of aliphatic carboxylic acids is 1. The first-order valence-electron chi connectivity index (χ1n) is 10.8. The van der Waals surface area contributed by atoms with E-state index in [9.17, 15) is 33.6 Å². The van der Waals surface area contributed by atoms with Crippen molar-refractivity contribution in [3.8, 4) is 16.9 Å². The molecular formula is C25H20F2N2O7. The largest absolute Gasteiger partial charge is 0.480 e. The summed E-state index contributed by atoms with van der Waals surface area (Å²) in [5, 5.41) is 22.9. The van der Waals surface area contributed by atoms with Crippen molar-refractivity contribution in [1.29, 1.82) is 0 Å². The number of rotatable bonds is 9. The van der Waals surface area contributed by atoms with Gasteiger partial charge in [-0.3, -0.25) is 10.1 Å². The Kier molecular flexibility index (Phi) is 7.09. The van der Waals surface area contributed by atoms with Crippen molar-refractivity contribution in [3.05, 3.63) is 93.5 Å². The van der Waals surface area contributed by atoms with Crippen molar-refractivity contribution in [2.75, 3.05) is 6.61 Å². The van der Waals surface area contributed by atoms with Gasteiger partial charge in [0.05, 0.1) is 4.92 Å². The number of benzene rings is 3. The Hall–Kier alpha value is -4.54. The van der Waals surface area contributed by atoms with Gasteiger partial charge in [-0.2, -0.15) is 8.78 Å². The lowest BCUT2D eigenvalue weighted by Crippen LogP contribution is -2.43. The predicted molar refractivity (Wildman–Crippen MR) is 123 cm³/mol. The average molecular weight is 498 g/mol. The molecule has 0 heterocycles. The van der Waals surface area contributed by atoms with E-state index in [1.54, 1.807) is 0 Å². The van der Waals surface area contributed by atoms with Crippen molar-refractivity contribution >= 4 is 17.7 Å². The number of carboxylic acid groups (broad SMARTS) is 1. The SMILES string of the molecule is O=C(NC(Cc1cc([N+](=O)[O-])ccc1OC(F)F)C(=O)O)OCC1c2ccccc2-c2ccccc21. The maximum absolute atomic E-state index is 12.8. The number of halogens is 2. The van der Waals surface area contributed by atoms with Gasteiger partial charge in [0.15, 0.2) is 0 Å². The highest BCUT2D eigenvalue weighted by Crippen LogP contribution is 2.44. The molecular weight excluding hydrogens is 478 g/mol. The van der Waals surface area contributed by atoms with Gasteiger partial charge in [0, 0.05) is 30.0 Å². The van der Waals surface area contributed by atoms with E-state index in [1.807, 2.05) is 48.5 Å². The number of carbonyl (C=O) groups is 2. The first-order chi connectivity index (χ1) is 17.2. The van der Waals surface area contributed by atoms with E-state index in [4.69, 9.17) is 4.74 Å². The molecule has 1 amide bonds. The molecule has 9 nitrogen and oxygen atoms in total. The van der Waals surface area contributed by atoms with Gasteiger partial charge in [0.2, 0.25) is 0 Å². The number of amides is 1. The van der Waals surface area contributed by atoms with Crippen LogP contribution in [0.5, 0.6) is 5.75 Å².